The smallest absolute Gasteiger partial charge is 0.286 e. The molecule has 0 unspecified atom stereocenters. The van der Waals surface area contributed by atoms with E-state index in [1.807, 2.05) is 0 Å². The summed E-state index contributed by atoms with van der Waals surface area (Å²) in [5, 5.41) is 13.4. The van der Waals surface area contributed by atoms with Gasteiger partial charge < -0.3 is 10.6 Å². The zero-order valence-electron chi connectivity index (χ0n) is 11.2. The molecule has 0 bridgehead atoms. The van der Waals surface area contributed by atoms with Gasteiger partial charge in [-0.15, -0.1) is 10.2 Å². The first kappa shape index (κ1) is 15.0. The van der Waals surface area contributed by atoms with Crippen molar-refractivity contribution in [1.82, 2.24) is 15.5 Å². The Kier molecular flexibility index (Phi) is 4.94. The van der Waals surface area contributed by atoms with E-state index >= 15 is 0 Å². The number of nitrogens with zero attached hydrogens (tertiary/aromatic N) is 2. The van der Waals surface area contributed by atoms with Crippen LogP contribution in [0.25, 0.3) is 0 Å². The van der Waals surface area contributed by atoms with Crippen molar-refractivity contribution in [3.8, 4) is 0 Å². The van der Waals surface area contributed by atoms with E-state index < -0.39 is 11.7 Å². The van der Waals surface area contributed by atoms with Crippen molar-refractivity contribution in [2.45, 2.75) is 19.9 Å². The second-order valence-electron chi connectivity index (χ2n) is 4.10. The number of amides is 2. The molecule has 0 atom stereocenters. The van der Waals surface area contributed by atoms with E-state index in [0.29, 0.717) is 17.1 Å². The molecule has 2 aromatic rings. The molecule has 8 heteroatoms. The third-order valence-corrected chi connectivity index (χ3v) is 3.42. The van der Waals surface area contributed by atoms with Crippen LogP contribution in [0.2, 0.25) is 0 Å². The number of carbonyl (C=O) groups is 2. The van der Waals surface area contributed by atoms with Gasteiger partial charge in [-0.05, 0) is 18.2 Å². The standard InChI is InChI=1S/C13H13FN4O2S/c1-2-10(19)15-7-11-17-18-13(21-11)12(20)16-9-5-3-4-8(14)6-9/h3-6H,2,7H2,1H3,(H,15,19)(H,16,20). The van der Waals surface area contributed by atoms with Gasteiger partial charge in [0.25, 0.3) is 5.91 Å². The Morgan fingerprint density at radius 1 is 1.33 bits per heavy atom. The van der Waals surface area contributed by atoms with Gasteiger partial charge in [0.15, 0.2) is 0 Å². The molecular weight excluding hydrogens is 295 g/mol. The molecule has 0 aliphatic rings. The minimum Gasteiger partial charge on any atom is -0.350 e. The van der Waals surface area contributed by atoms with Crippen LogP contribution in [-0.4, -0.2) is 22.0 Å². The van der Waals surface area contributed by atoms with Gasteiger partial charge in [-0.2, -0.15) is 0 Å². The van der Waals surface area contributed by atoms with Crippen LogP contribution < -0.4 is 10.6 Å². The molecule has 0 radical (unpaired) electrons. The summed E-state index contributed by atoms with van der Waals surface area (Å²) in [4.78, 5) is 23.0. The number of hydrogen-bond donors (Lipinski definition) is 2. The fourth-order valence-electron chi connectivity index (χ4n) is 1.47. The molecule has 2 rings (SSSR count). The third kappa shape index (κ3) is 4.32. The summed E-state index contributed by atoms with van der Waals surface area (Å²) in [6.07, 6.45) is 0.381. The van der Waals surface area contributed by atoms with Crippen molar-refractivity contribution < 1.29 is 14.0 Å². The summed E-state index contributed by atoms with van der Waals surface area (Å²) >= 11 is 1.07. The van der Waals surface area contributed by atoms with Gasteiger partial charge in [-0.25, -0.2) is 4.39 Å². The lowest BCUT2D eigenvalue weighted by molar-refractivity contribution is -0.120. The predicted octanol–water partition coefficient (Wildman–Crippen LogP) is 1.96. The highest BCUT2D eigenvalue weighted by Gasteiger charge is 2.13. The van der Waals surface area contributed by atoms with E-state index in [9.17, 15) is 14.0 Å². The van der Waals surface area contributed by atoms with E-state index in [1.54, 1.807) is 13.0 Å². The van der Waals surface area contributed by atoms with Crippen LogP contribution in [0.3, 0.4) is 0 Å². The third-order valence-electron chi connectivity index (χ3n) is 2.50. The Labute approximate surface area is 124 Å². The van der Waals surface area contributed by atoms with Crippen molar-refractivity contribution in [1.29, 1.82) is 0 Å². The van der Waals surface area contributed by atoms with Crippen LogP contribution in [0.1, 0.15) is 28.2 Å². The minimum absolute atomic E-state index is 0.101. The number of anilines is 1. The minimum atomic E-state index is -0.467. The van der Waals surface area contributed by atoms with Crippen LogP contribution in [0, 0.1) is 5.82 Å². The first-order valence-electron chi connectivity index (χ1n) is 6.24. The summed E-state index contributed by atoms with van der Waals surface area (Å²) in [5.41, 5.74) is 0.344. The van der Waals surface area contributed by atoms with Gasteiger partial charge in [0.05, 0.1) is 6.54 Å². The highest BCUT2D eigenvalue weighted by atomic mass is 32.1. The summed E-state index contributed by atoms with van der Waals surface area (Å²) in [6, 6.07) is 5.57. The average Bonchev–Trinajstić information content (AvgIpc) is 2.93. The molecule has 2 N–H and O–H groups in total. The number of rotatable bonds is 5. The number of nitrogens with one attached hydrogen (secondary N) is 2. The van der Waals surface area contributed by atoms with Gasteiger partial charge in [0.2, 0.25) is 10.9 Å². The molecule has 1 aromatic carbocycles. The van der Waals surface area contributed by atoms with Gasteiger partial charge >= 0.3 is 0 Å². The lowest BCUT2D eigenvalue weighted by atomic mass is 10.3. The Hall–Kier alpha value is -2.35. The Balaban J connectivity index is 1.97. The Morgan fingerprint density at radius 2 is 2.14 bits per heavy atom. The first-order valence-corrected chi connectivity index (χ1v) is 7.06. The quantitative estimate of drug-likeness (QED) is 0.884. The number of carbonyl (C=O) groups excluding carboxylic acids is 2. The first-order chi connectivity index (χ1) is 10.1. The lowest BCUT2D eigenvalue weighted by Gasteiger charge is -2.01. The molecule has 2 amide bonds. The number of halogens is 1. The summed E-state index contributed by atoms with van der Waals surface area (Å²) in [6.45, 7) is 1.98. The Morgan fingerprint density at radius 3 is 2.86 bits per heavy atom. The maximum Gasteiger partial charge on any atom is 0.286 e. The summed E-state index contributed by atoms with van der Waals surface area (Å²) in [5.74, 6) is -1.00. The van der Waals surface area contributed by atoms with Crippen LogP contribution in [0.4, 0.5) is 10.1 Å². The Bertz CT molecular complexity index is 659. The zero-order chi connectivity index (χ0) is 15.2. The van der Waals surface area contributed by atoms with Gasteiger partial charge in [-0.1, -0.05) is 24.3 Å². The lowest BCUT2D eigenvalue weighted by Crippen LogP contribution is -2.21. The number of benzene rings is 1. The molecule has 1 heterocycles. The second-order valence-corrected chi connectivity index (χ2v) is 5.16. The van der Waals surface area contributed by atoms with E-state index in [-0.39, 0.29) is 17.5 Å². The van der Waals surface area contributed by atoms with Gasteiger partial charge in [-0.3, -0.25) is 9.59 Å². The SMILES string of the molecule is CCC(=O)NCc1nnc(C(=O)Nc2cccc(F)c2)s1. The predicted molar refractivity (Wildman–Crippen MR) is 76.4 cm³/mol. The van der Waals surface area contributed by atoms with Crippen LogP contribution in [0.5, 0.6) is 0 Å². The molecule has 110 valence electrons. The largest absolute Gasteiger partial charge is 0.350 e. The van der Waals surface area contributed by atoms with Crippen molar-refractivity contribution in [3.63, 3.8) is 0 Å². The van der Waals surface area contributed by atoms with Crippen molar-refractivity contribution in [3.05, 3.63) is 40.1 Å². The van der Waals surface area contributed by atoms with Gasteiger partial charge in [0.1, 0.15) is 10.8 Å². The number of aromatic nitrogens is 2. The molecule has 0 spiro atoms. The zero-order valence-corrected chi connectivity index (χ0v) is 12.0. The molecule has 0 fully saturated rings. The van der Waals surface area contributed by atoms with Crippen LogP contribution in [0.15, 0.2) is 24.3 Å². The van der Waals surface area contributed by atoms with E-state index in [2.05, 4.69) is 20.8 Å². The molecule has 0 aliphatic heterocycles. The average molecular weight is 308 g/mol. The van der Waals surface area contributed by atoms with E-state index in [4.69, 9.17) is 0 Å². The van der Waals surface area contributed by atoms with Gasteiger partial charge in [0, 0.05) is 12.1 Å². The molecule has 6 nitrogen and oxygen atoms in total. The topological polar surface area (TPSA) is 84.0 Å². The highest BCUT2D eigenvalue weighted by molar-refractivity contribution is 7.13. The van der Waals surface area contributed by atoms with E-state index in [1.165, 1.54) is 18.2 Å². The molecule has 21 heavy (non-hydrogen) atoms. The molecule has 0 aliphatic carbocycles. The molecule has 1 aromatic heterocycles. The summed E-state index contributed by atoms with van der Waals surface area (Å²) < 4.78 is 13.0. The summed E-state index contributed by atoms with van der Waals surface area (Å²) in [7, 11) is 0. The molecule has 0 saturated carbocycles. The molecule has 0 saturated heterocycles. The maximum absolute atomic E-state index is 13.0. The fourth-order valence-corrected chi connectivity index (χ4v) is 2.14. The van der Waals surface area contributed by atoms with Crippen molar-refractivity contribution >= 4 is 28.8 Å². The van der Waals surface area contributed by atoms with Crippen molar-refractivity contribution in [2.24, 2.45) is 0 Å². The molecular formula is C13H13FN4O2S. The highest BCUT2D eigenvalue weighted by Crippen LogP contribution is 2.14. The number of hydrogen-bond acceptors (Lipinski definition) is 5. The van der Waals surface area contributed by atoms with Crippen LogP contribution in [-0.2, 0) is 11.3 Å². The monoisotopic (exact) mass is 308 g/mol. The van der Waals surface area contributed by atoms with E-state index in [0.717, 1.165) is 11.3 Å². The fraction of sp³-hybridized carbons (Fsp3) is 0.231. The van der Waals surface area contributed by atoms with Crippen LogP contribution >= 0.6 is 11.3 Å². The normalized spacial score (nSPS) is 10.2. The van der Waals surface area contributed by atoms with Crippen molar-refractivity contribution in [2.75, 3.05) is 5.32 Å². The second kappa shape index (κ2) is 6.89. The maximum atomic E-state index is 13.0.